The molecule has 1 N–H and O–H groups in total. The molecule has 0 aliphatic carbocycles. The van der Waals surface area contributed by atoms with Gasteiger partial charge in [0.2, 0.25) is 0 Å². The summed E-state index contributed by atoms with van der Waals surface area (Å²) in [6.45, 7) is 4.25. The van der Waals surface area contributed by atoms with Gasteiger partial charge in [-0.2, -0.15) is 0 Å². The Morgan fingerprint density at radius 2 is 1.84 bits per heavy atom. The minimum absolute atomic E-state index is 0. The Bertz CT molecular complexity index is 708. The van der Waals surface area contributed by atoms with E-state index < -0.39 is 0 Å². The number of nitrogens with one attached hydrogen (secondary N) is 1. The quantitative estimate of drug-likeness (QED) is 0.823. The summed E-state index contributed by atoms with van der Waals surface area (Å²) in [7, 11) is 0. The Morgan fingerprint density at radius 1 is 1.04 bits per heavy atom. The minimum atomic E-state index is 0. The van der Waals surface area contributed by atoms with E-state index in [0.29, 0.717) is 12.2 Å². The predicted molar refractivity (Wildman–Crippen MR) is 103 cm³/mol. The number of halogens is 2. The molecule has 0 saturated carbocycles. The zero-order chi connectivity index (χ0) is 15.6. The summed E-state index contributed by atoms with van der Waals surface area (Å²) in [5, 5.41) is 3.36. The molecule has 25 heavy (non-hydrogen) atoms. The van der Waals surface area contributed by atoms with Crippen LogP contribution in [-0.4, -0.2) is 40.0 Å². The number of hydrogen-bond donors (Lipinski definition) is 1. The van der Waals surface area contributed by atoms with Gasteiger partial charge in [0.15, 0.2) is 0 Å². The molecule has 0 radical (unpaired) electrons. The number of rotatable bonds is 1. The molecule has 0 saturated heterocycles. The molecule has 1 amide bonds. The molecule has 136 valence electrons. The first-order valence-electron chi connectivity index (χ1n) is 8.44. The Labute approximate surface area is 160 Å². The van der Waals surface area contributed by atoms with Gasteiger partial charge in [-0.25, -0.2) is 4.98 Å². The van der Waals surface area contributed by atoms with Gasteiger partial charge in [-0.05, 0) is 24.0 Å². The molecule has 1 aromatic heterocycles. The molecule has 2 aromatic rings. The summed E-state index contributed by atoms with van der Waals surface area (Å²) < 4.78 is 2.12. The van der Waals surface area contributed by atoms with Crippen molar-refractivity contribution in [2.24, 2.45) is 0 Å². The van der Waals surface area contributed by atoms with Gasteiger partial charge in [-0.1, -0.05) is 24.3 Å². The average molecular weight is 383 g/mol. The van der Waals surface area contributed by atoms with Gasteiger partial charge in [-0.15, -0.1) is 24.8 Å². The van der Waals surface area contributed by atoms with Crippen LogP contribution in [0.3, 0.4) is 0 Å². The lowest BCUT2D eigenvalue weighted by molar-refractivity contribution is 0.0740. The highest BCUT2D eigenvalue weighted by molar-refractivity contribution is 5.92. The van der Waals surface area contributed by atoms with E-state index in [-0.39, 0.29) is 30.7 Å². The average Bonchev–Trinajstić information content (AvgIpc) is 2.75. The van der Waals surface area contributed by atoms with E-state index in [4.69, 9.17) is 0 Å². The molecule has 2 aliphatic rings. The topological polar surface area (TPSA) is 50.2 Å². The number of carbonyl (C=O) groups is 1. The van der Waals surface area contributed by atoms with E-state index in [1.807, 2.05) is 11.1 Å². The maximum absolute atomic E-state index is 12.9. The van der Waals surface area contributed by atoms with Gasteiger partial charge in [0.25, 0.3) is 5.91 Å². The van der Waals surface area contributed by atoms with Crippen LogP contribution in [0.5, 0.6) is 0 Å². The molecule has 2 aliphatic heterocycles. The molecule has 4 rings (SSSR count). The van der Waals surface area contributed by atoms with Crippen molar-refractivity contribution in [3.63, 3.8) is 0 Å². The second-order valence-electron chi connectivity index (χ2n) is 6.33. The molecular formula is C18H24Cl2N4O. The van der Waals surface area contributed by atoms with Gasteiger partial charge in [-0.3, -0.25) is 4.79 Å². The molecular weight excluding hydrogens is 359 g/mol. The molecule has 3 heterocycles. The van der Waals surface area contributed by atoms with Crippen LogP contribution < -0.4 is 5.32 Å². The normalized spacial score (nSPS) is 16.4. The number of carbonyl (C=O) groups excluding carboxylic acids is 1. The highest BCUT2D eigenvalue weighted by atomic mass is 35.5. The van der Waals surface area contributed by atoms with Crippen molar-refractivity contribution in [2.75, 3.05) is 19.6 Å². The third-order valence-electron chi connectivity index (χ3n) is 4.77. The molecule has 7 heteroatoms. The largest absolute Gasteiger partial charge is 0.333 e. The summed E-state index contributed by atoms with van der Waals surface area (Å²) in [4.78, 5) is 19.5. The summed E-state index contributed by atoms with van der Waals surface area (Å²) in [5.41, 5.74) is 3.24. The van der Waals surface area contributed by atoms with Crippen molar-refractivity contribution < 1.29 is 4.79 Å². The number of benzene rings is 1. The second kappa shape index (κ2) is 8.70. The lowest BCUT2D eigenvalue weighted by atomic mass is 10.0. The lowest BCUT2D eigenvalue weighted by Gasteiger charge is -2.19. The van der Waals surface area contributed by atoms with Gasteiger partial charge < -0.3 is 14.8 Å². The Morgan fingerprint density at radius 3 is 2.68 bits per heavy atom. The number of imidazole rings is 1. The van der Waals surface area contributed by atoms with Gasteiger partial charge in [0.05, 0.1) is 0 Å². The van der Waals surface area contributed by atoms with E-state index in [2.05, 4.69) is 39.1 Å². The van der Waals surface area contributed by atoms with Crippen LogP contribution in [0, 0.1) is 0 Å². The predicted octanol–water partition coefficient (Wildman–Crippen LogP) is 2.46. The van der Waals surface area contributed by atoms with Crippen molar-refractivity contribution in [3.05, 3.63) is 53.1 Å². The highest BCUT2D eigenvalue weighted by Crippen LogP contribution is 2.20. The Hall–Kier alpha value is -1.56. The first-order valence-corrected chi connectivity index (χ1v) is 8.44. The van der Waals surface area contributed by atoms with Crippen LogP contribution in [0.25, 0.3) is 0 Å². The lowest BCUT2D eigenvalue weighted by Crippen LogP contribution is -2.31. The smallest absolute Gasteiger partial charge is 0.274 e. The number of hydrogen-bond acceptors (Lipinski definition) is 3. The van der Waals surface area contributed by atoms with Crippen LogP contribution >= 0.6 is 24.8 Å². The fourth-order valence-corrected chi connectivity index (χ4v) is 3.51. The monoisotopic (exact) mass is 382 g/mol. The number of amides is 1. The molecule has 0 spiro atoms. The summed E-state index contributed by atoms with van der Waals surface area (Å²) in [6.07, 6.45) is 4.88. The first-order chi connectivity index (χ1) is 11.3. The van der Waals surface area contributed by atoms with Crippen LogP contribution in [0.15, 0.2) is 30.5 Å². The third-order valence-corrected chi connectivity index (χ3v) is 4.77. The van der Waals surface area contributed by atoms with Crippen molar-refractivity contribution in [3.8, 4) is 0 Å². The van der Waals surface area contributed by atoms with Crippen molar-refractivity contribution >= 4 is 30.7 Å². The van der Waals surface area contributed by atoms with Crippen LogP contribution in [0.2, 0.25) is 0 Å². The Kier molecular flexibility index (Phi) is 6.87. The zero-order valence-electron chi connectivity index (χ0n) is 14.1. The summed E-state index contributed by atoms with van der Waals surface area (Å²) in [6, 6.07) is 8.44. The molecule has 0 bridgehead atoms. The number of aromatic nitrogens is 2. The third kappa shape index (κ3) is 4.17. The van der Waals surface area contributed by atoms with Crippen molar-refractivity contribution in [1.29, 1.82) is 0 Å². The maximum atomic E-state index is 12.9. The highest BCUT2D eigenvalue weighted by Gasteiger charge is 2.23. The van der Waals surface area contributed by atoms with Gasteiger partial charge in [0.1, 0.15) is 11.5 Å². The van der Waals surface area contributed by atoms with E-state index in [0.717, 1.165) is 51.3 Å². The standard InChI is InChI=1S/C18H22N4O.2ClH/c23-18(16-13-21-11-9-19-8-7-17(21)20-16)22-10-3-6-14-4-1-2-5-15(14)12-22;;/h1-2,4-5,13,19H,3,6-12H2;2*1H. The van der Waals surface area contributed by atoms with Crippen molar-refractivity contribution in [1.82, 2.24) is 19.8 Å². The summed E-state index contributed by atoms with van der Waals surface area (Å²) >= 11 is 0. The van der Waals surface area contributed by atoms with Crippen LogP contribution in [0.4, 0.5) is 0 Å². The van der Waals surface area contributed by atoms with E-state index in [9.17, 15) is 4.79 Å². The van der Waals surface area contributed by atoms with E-state index in [1.54, 1.807) is 0 Å². The van der Waals surface area contributed by atoms with Gasteiger partial charge in [0, 0.05) is 45.3 Å². The number of aryl methyl sites for hydroxylation is 1. The number of nitrogens with zero attached hydrogens (tertiary/aromatic N) is 3. The van der Waals surface area contributed by atoms with Gasteiger partial charge >= 0.3 is 0 Å². The maximum Gasteiger partial charge on any atom is 0.274 e. The van der Waals surface area contributed by atoms with Crippen molar-refractivity contribution in [2.45, 2.75) is 32.4 Å². The molecule has 0 atom stereocenters. The van der Waals surface area contributed by atoms with E-state index >= 15 is 0 Å². The SMILES string of the molecule is Cl.Cl.O=C(c1cn2c(n1)CCNCC2)N1CCCc2ccccc2C1. The fraction of sp³-hybridized carbons (Fsp3) is 0.444. The first kappa shape index (κ1) is 19.8. The number of fused-ring (bicyclic) bond motifs is 2. The zero-order valence-corrected chi connectivity index (χ0v) is 15.7. The summed E-state index contributed by atoms with van der Waals surface area (Å²) in [5.74, 6) is 1.09. The second-order valence-corrected chi connectivity index (χ2v) is 6.33. The molecule has 0 fully saturated rings. The van der Waals surface area contributed by atoms with E-state index in [1.165, 1.54) is 11.1 Å². The van der Waals surface area contributed by atoms with Crippen LogP contribution in [-0.2, 0) is 25.9 Å². The Balaban J connectivity index is 0.00000113. The van der Waals surface area contributed by atoms with Crippen LogP contribution in [0.1, 0.15) is 33.9 Å². The molecule has 0 unspecified atom stereocenters. The minimum Gasteiger partial charge on any atom is -0.333 e. The molecule has 1 aromatic carbocycles. The molecule has 5 nitrogen and oxygen atoms in total. The fourth-order valence-electron chi connectivity index (χ4n) is 3.51.